The smallest absolute Gasteiger partial charge is 0.339 e. The Hall–Kier alpha value is -2.95. The second kappa shape index (κ2) is 10.2. The quantitative estimate of drug-likeness (QED) is 0.221. The van der Waals surface area contributed by atoms with Crippen LogP contribution in [0.15, 0.2) is 58.3 Å². The molecule has 1 amide bonds. The molecule has 0 spiro atoms. The van der Waals surface area contributed by atoms with E-state index in [2.05, 4.69) is 10.3 Å². The van der Waals surface area contributed by atoms with Crippen molar-refractivity contribution in [3.8, 4) is 0 Å². The van der Waals surface area contributed by atoms with Gasteiger partial charge in [-0.3, -0.25) is 14.9 Å². The molecule has 3 aromatic rings. The van der Waals surface area contributed by atoms with Crippen LogP contribution >= 0.6 is 34.7 Å². The van der Waals surface area contributed by atoms with Crippen molar-refractivity contribution >= 4 is 58.0 Å². The molecule has 0 aliphatic heterocycles. The van der Waals surface area contributed by atoms with E-state index in [0.717, 1.165) is 11.8 Å². The normalized spacial score (nSPS) is 10.4. The molecule has 2 aromatic carbocycles. The lowest BCUT2D eigenvalue weighted by atomic mass is 10.2. The van der Waals surface area contributed by atoms with Gasteiger partial charge >= 0.3 is 5.97 Å². The summed E-state index contributed by atoms with van der Waals surface area (Å²) in [6, 6.07) is 10.8. The zero-order valence-electron chi connectivity index (χ0n) is 15.2. The SMILES string of the molecule is O=C(COC(=O)c1ccccc1SCc1cscn1)Nc1ccc(Cl)c([N+](=O)[O-])c1. The van der Waals surface area contributed by atoms with Gasteiger partial charge in [-0.05, 0) is 24.3 Å². The molecule has 0 saturated heterocycles. The third-order valence-electron chi connectivity index (χ3n) is 3.73. The van der Waals surface area contributed by atoms with E-state index in [-0.39, 0.29) is 16.4 Å². The summed E-state index contributed by atoms with van der Waals surface area (Å²) in [7, 11) is 0. The molecule has 1 aromatic heterocycles. The molecular formula is C19H14ClN3O5S2. The van der Waals surface area contributed by atoms with Crippen LogP contribution < -0.4 is 5.32 Å². The average molecular weight is 464 g/mol. The van der Waals surface area contributed by atoms with E-state index in [1.807, 2.05) is 5.38 Å². The number of nitrogens with one attached hydrogen (secondary N) is 1. The maximum Gasteiger partial charge on any atom is 0.339 e. The van der Waals surface area contributed by atoms with Crippen molar-refractivity contribution in [3.63, 3.8) is 0 Å². The van der Waals surface area contributed by atoms with E-state index in [1.165, 1.54) is 35.2 Å². The number of thioether (sulfide) groups is 1. The van der Waals surface area contributed by atoms with Crippen molar-refractivity contribution < 1.29 is 19.2 Å². The summed E-state index contributed by atoms with van der Waals surface area (Å²) < 4.78 is 5.10. The number of nitro benzene ring substituents is 1. The first-order valence-corrected chi connectivity index (χ1v) is 10.7. The Balaban J connectivity index is 1.58. The van der Waals surface area contributed by atoms with Crippen LogP contribution in [-0.2, 0) is 15.3 Å². The molecule has 0 fully saturated rings. The number of aromatic nitrogens is 1. The van der Waals surface area contributed by atoms with Gasteiger partial charge < -0.3 is 10.1 Å². The Morgan fingerprint density at radius 3 is 2.80 bits per heavy atom. The minimum absolute atomic E-state index is 0.0452. The molecule has 0 aliphatic carbocycles. The van der Waals surface area contributed by atoms with Gasteiger partial charge in [0.25, 0.3) is 11.6 Å². The first-order chi connectivity index (χ1) is 14.4. The van der Waals surface area contributed by atoms with Crippen LogP contribution in [0.5, 0.6) is 0 Å². The van der Waals surface area contributed by atoms with Crippen molar-refractivity contribution in [1.29, 1.82) is 0 Å². The molecule has 0 aliphatic rings. The predicted molar refractivity (Wildman–Crippen MR) is 115 cm³/mol. The summed E-state index contributed by atoms with van der Waals surface area (Å²) in [6.45, 7) is -0.541. The highest BCUT2D eigenvalue weighted by atomic mass is 35.5. The number of benzene rings is 2. The number of carbonyl (C=O) groups is 2. The van der Waals surface area contributed by atoms with Gasteiger partial charge in [0, 0.05) is 27.8 Å². The van der Waals surface area contributed by atoms with E-state index < -0.39 is 23.4 Å². The number of rotatable bonds is 8. The summed E-state index contributed by atoms with van der Waals surface area (Å²) in [4.78, 5) is 39.7. The van der Waals surface area contributed by atoms with E-state index in [0.29, 0.717) is 16.2 Å². The minimum atomic E-state index is -0.655. The van der Waals surface area contributed by atoms with Gasteiger partial charge in [-0.2, -0.15) is 0 Å². The van der Waals surface area contributed by atoms with Crippen LogP contribution in [0.25, 0.3) is 0 Å². The van der Waals surface area contributed by atoms with Crippen molar-refractivity contribution in [3.05, 3.63) is 79.7 Å². The Morgan fingerprint density at radius 2 is 2.07 bits per heavy atom. The van der Waals surface area contributed by atoms with E-state index >= 15 is 0 Å². The van der Waals surface area contributed by atoms with Gasteiger partial charge in [-0.15, -0.1) is 23.1 Å². The molecule has 1 N–H and O–H groups in total. The topological polar surface area (TPSA) is 111 Å². The number of nitro groups is 1. The van der Waals surface area contributed by atoms with Crippen LogP contribution in [0.1, 0.15) is 16.1 Å². The Kier molecular flexibility index (Phi) is 7.39. The average Bonchev–Trinajstić information content (AvgIpc) is 3.25. The molecule has 11 heteroatoms. The van der Waals surface area contributed by atoms with Gasteiger partial charge in [-0.1, -0.05) is 23.7 Å². The number of amides is 1. The van der Waals surface area contributed by atoms with Crippen LogP contribution in [0.2, 0.25) is 5.02 Å². The van der Waals surface area contributed by atoms with Gasteiger partial charge in [0.05, 0.1) is 21.7 Å². The van der Waals surface area contributed by atoms with Crippen molar-refractivity contribution in [2.45, 2.75) is 10.6 Å². The van der Waals surface area contributed by atoms with E-state index in [9.17, 15) is 19.7 Å². The molecule has 1 heterocycles. The largest absolute Gasteiger partial charge is 0.452 e. The van der Waals surface area contributed by atoms with Crippen LogP contribution in [0.4, 0.5) is 11.4 Å². The monoisotopic (exact) mass is 463 g/mol. The van der Waals surface area contributed by atoms with E-state index in [1.54, 1.807) is 29.8 Å². The molecule has 30 heavy (non-hydrogen) atoms. The summed E-state index contributed by atoms with van der Waals surface area (Å²) in [5, 5.41) is 15.2. The number of ether oxygens (including phenoxy) is 1. The number of nitrogens with zero attached hydrogens (tertiary/aromatic N) is 2. The number of thiazole rings is 1. The standard InChI is InChI=1S/C19H14ClN3O5S2/c20-15-6-5-12(7-16(15)23(26)27)22-18(24)8-28-19(25)14-3-1-2-4-17(14)30-10-13-9-29-11-21-13/h1-7,9,11H,8,10H2,(H,22,24). The maximum atomic E-state index is 12.4. The summed E-state index contributed by atoms with van der Waals surface area (Å²) >= 11 is 8.68. The first-order valence-electron chi connectivity index (χ1n) is 8.44. The Labute approximate surface area is 184 Å². The molecular weight excluding hydrogens is 450 g/mol. The number of halogens is 1. The number of carbonyl (C=O) groups excluding carboxylic acids is 2. The summed E-state index contributed by atoms with van der Waals surface area (Å²) in [5.74, 6) is -0.676. The molecule has 0 bridgehead atoms. The minimum Gasteiger partial charge on any atom is -0.452 e. The lowest BCUT2D eigenvalue weighted by molar-refractivity contribution is -0.384. The van der Waals surface area contributed by atoms with Crippen LogP contribution in [-0.4, -0.2) is 28.4 Å². The molecule has 0 saturated carbocycles. The van der Waals surface area contributed by atoms with Gasteiger partial charge in [0.1, 0.15) is 5.02 Å². The maximum absolute atomic E-state index is 12.4. The molecule has 0 atom stereocenters. The first kappa shape index (κ1) is 21.8. The van der Waals surface area contributed by atoms with E-state index in [4.69, 9.17) is 16.3 Å². The summed E-state index contributed by atoms with van der Waals surface area (Å²) in [5.41, 5.74) is 2.82. The highest BCUT2D eigenvalue weighted by Gasteiger charge is 2.17. The lowest BCUT2D eigenvalue weighted by Crippen LogP contribution is -2.21. The van der Waals surface area contributed by atoms with Gasteiger partial charge in [0.2, 0.25) is 0 Å². The fourth-order valence-electron chi connectivity index (χ4n) is 2.36. The fourth-order valence-corrected chi connectivity index (χ4v) is 4.15. The molecule has 154 valence electrons. The van der Waals surface area contributed by atoms with Crippen molar-refractivity contribution in [2.75, 3.05) is 11.9 Å². The molecule has 3 rings (SSSR count). The third kappa shape index (κ3) is 5.78. The predicted octanol–water partition coefficient (Wildman–Crippen LogP) is 4.79. The fraction of sp³-hybridized carbons (Fsp3) is 0.105. The second-order valence-corrected chi connectivity index (χ2v) is 7.96. The number of anilines is 1. The number of esters is 1. The lowest BCUT2D eigenvalue weighted by Gasteiger charge is -2.09. The molecule has 0 unspecified atom stereocenters. The highest BCUT2D eigenvalue weighted by Crippen LogP contribution is 2.28. The Bertz CT molecular complexity index is 1080. The zero-order chi connectivity index (χ0) is 21.5. The number of hydrogen-bond donors (Lipinski definition) is 1. The van der Waals surface area contributed by atoms with Crippen LogP contribution in [0, 0.1) is 10.1 Å². The zero-order valence-corrected chi connectivity index (χ0v) is 17.6. The summed E-state index contributed by atoms with van der Waals surface area (Å²) in [6.07, 6.45) is 0. The molecule has 0 radical (unpaired) electrons. The van der Waals surface area contributed by atoms with Crippen molar-refractivity contribution in [1.82, 2.24) is 4.98 Å². The second-order valence-electron chi connectivity index (χ2n) is 5.81. The van der Waals surface area contributed by atoms with Gasteiger partial charge in [-0.25, -0.2) is 9.78 Å². The Morgan fingerprint density at radius 1 is 1.27 bits per heavy atom. The van der Waals surface area contributed by atoms with Crippen LogP contribution in [0.3, 0.4) is 0 Å². The number of hydrogen-bond acceptors (Lipinski definition) is 8. The molecule has 8 nitrogen and oxygen atoms in total. The van der Waals surface area contributed by atoms with Gasteiger partial charge in [0.15, 0.2) is 6.61 Å². The third-order valence-corrected chi connectivity index (χ3v) is 5.79. The van der Waals surface area contributed by atoms with Crippen molar-refractivity contribution in [2.24, 2.45) is 0 Å². The highest BCUT2D eigenvalue weighted by molar-refractivity contribution is 7.98.